The van der Waals surface area contributed by atoms with Crippen molar-refractivity contribution in [3.63, 3.8) is 0 Å². The van der Waals surface area contributed by atoms with E-state index in [9.17, 15) is 10.2 Å². The molecule has 116 valence electrons. The molecule has 0 unspecified atom stereocenters. The number of phenolic OH excluding ortho intramolecular Hbond substituents is 2. The zero-order chi connectivity index (χ0) is 17.4. The number of aromatic hydroxyl groups is 2. The Morgan fingerprint density at radius 2 is 1.12 bits per heavy atom. The summed E-state index contributed by atoms with van der Waals surface area (Å²) in [7, 11) is 0. The van der Waals surface area contributed by atoms with E-state index in [1.54, 1.807) is 48.5 Å². The molecule has 0 spiro atoms. The number of para-hydroxylation sites is 2. The Morgan fingerprint density at radius 3 is 1.46 bits per heavy atom. The lowest BCUT2D eigenvalue weighted by Gasteiger charge is -1.98. The van der Waals surface area contributed by atoms with Crippen molar-refractivity contribution < 1.29 is 10.2 Å². The Hall–Kier alpha value is -3.90. The molecular formula is C18H12N4O2. The molecule has 24 heavy (non-hydrogen) atoms. The maximum atomic E-state index is 9.66. The molecule has 6 nitrogen and oxygen atoms in total. The van der Waals surface area contributed by atoms with E-state index >= 15 is 0 Å². The minimum Gasteiger partial charge on any atom is -0.507 e. The van der Waals surface area contributed by atoms with Crippen LogP contribution in [0.15, 0.2) is 69.9 Å². The third kappa shape index (κ3) is 4.06. The smallest absolute Gasteiger partial charge is 0.176 e. The molecule has 2 aromatic rings. The fraction of sp³-hybridized carbons (Fsp3) is 0. The summed E-state index contributed by atoms with van der Waals surface area (Å²) in [6.45, 7) is 0. The molecule has 6 heteroatoms. The summed E-state index contributed by atoms with van der Waals surface area (Å²) in [5, 5.41) is 37.7. The Labute approximate surface area is 138 Å². The first-order valence-electron chi connectivity index (χ1n) is 6.84. The zero-order valence-corrected chi connectivity index (χ0v) is 12.5. The van der Waals surface area contributed by atoms with E-state index in [1.165, 1.54) is 24.6 Å². The largest absolute Gasteiger partial charge is 0.507 e. The first-order valence-corrected chi connectivity index (χ1v) is 6.84. The van der Waals surface area contributed by atoms with Crippen LogP contribution in [0.25, 0.3) is 0 Å². The van der Waals surface area contributed by atoms with E-state index in [2.05, 4.69) is 9.98 Å². The summed E-state index contributed by atoms with van der Waals surface area (Å²) in [4.78, 5) is 7.83. The van der Waals surface area contributed by atoms with Crippen LogP contribution in [0.2, 0.25) is 0 Å². The molecule has 0 fully saturated rings. The fourth-order valence-electron chi connectivity index (χ4n) is 1.75. The van der Waals surface area contributed by atoms with Crippen molar-refractivity contribution in [1.82, 2.24) is 0 Å². The molecule has 0 heterocycles. The van der Waals surface area contributed by atoms with Crippen molar-refractivity contribution >= 4 is 12.4 Å². The maximum Gasteiger partial charge on any atom is 0.176 e. The predicted molar refractivity (Wildman–Crippen MR) is 89.7 cm³/mol. The second-order valence-electron chi connectivity index (χ2n) is 4.55. The molecule has 0 aliphatic rings. The summed E-state index contributed by atoms with van der Waals surface area (Å²) >= 11 is 0. The average Bonchev–Trinajstić information content (AvgIpc) is 2.60. The van der Waals surface area contributed by atoms with Crippen molar-refractivity contribution in [2.45, 2.75) is 0 Å². The van der Waals surface area contributed by atoms with Gasteiger partial charge in [0.05, 0.1) is 0 Å². The average molecular weight is 316 g/mol. The van der Waals surface area contributed by atoms with Gasteiger partial charge in [0, 0.05) is 23.6 Å². The summed E-state index contributed by atoms with van der Waals surface area (Å²) in [5.74, 6) is 0.0181. The van der Waals surface area contributed by atoms with Crippen molar-refractivity contribution in [2.75, 3.05) is 0 Å². The molecule has 0 aliphatic heterocycles. The molecule has 0 saturated carbocycles. The van der Waals surface area contributed by atoms with Crippen LogP contribution in [-0.2, 0) is 0 Å². The van der Waals surface area contributed by atoms with Gasteiger partial charge in [-0.25, -0.2) is 9.98 Å². The number of hydrogen-bond acceptors (Lipinski definition) is 6. The van der Waals surface area contributed by atoms with E-state index in [0.29, 0.717) is 11.1 Å². The summed E-state index contributed by atoms with van der Waals surface area (Å²) in [6, 6.07) is 16.5. The van der Waals surface area contributed by atoms with E-state index in [1.807, 2.05) is 0 Å². The Bertz CT molecular complexity index is 840. The molecule has 0 amide bonds. The molecule has 2 rings (SSSR count). The monoisotopic (exact) mass is 316 g/mol. The molecule has 0 atom stereocenters. The zero-order valence-electron chi connectivity index (χ0n) is 12.5. The van der Waals surface area contributed by atoms with E-state index in [-0.39, 0.29) is 22.9 Å². The Morgan fingerprint density at radius 1 is 0.750 bits per heavy atom. The third-order valence-electron chi connectivity index (χ3n) is 2.98. The van der Waals surface area contributed by atoms with Gasteiger partial charge in [-0.2, -0.15) is 10.5 Å². The lowest BCUT2D eigenvalue weighted by Crippen LogP contribution is -1.88. The van der Waals surface area contributed by atoms with Crippen molar-refractivity contribution in [2.24, 2.45) is 9.98 Å². The first kappa shape index (κ1) is 16.5. The number of nitrogens with zero attached hydrogens (tertiary/aromatic N) is 4. The van der Waals surface area contributed by atoms with Crippen LogP contribution < -0.4 is 0 Å². The lowest BCUT2D eigenvalue weighted by atomic mass is 10.2. The molecule has 0 aliphatic carbocycles. The molecule has 2 N–H and O–H groups in total. The topological polar surface area (TPSA) is 113 Å². The third-order valence-corrected chi connectivity index (χ3v) is 2.98. The SMILES string of the molecule is N#C/C(N=Cc1ccccc1O)=C(\C#N)N=Cc1ccccc1O. The minimum absolute atomic E-state index is 0.00903. The molecule has 0 bridgehead atoms. The second kappa shape index (κ2) is 7.92. The van der Waals surface area contributed by atoms with Gasteiger partial charge in [0.25, 0.3) is 0 Å². The second-order valence-corrected chi connectivity index (χ2v) is 4.55. The summed E-state index contributed by atoms with van der Waals surface area (Å²) in [6.07, 6.45) is 2.56. The van der Waals surface area contributed by atoms with Crippen LogP contribution in [0.3, 0.4) is 0 Å². The first-order chi connectivity index (χ1) is 11.7. The molecule has 0 aromatic heterocycles. The minimum atomic E-state index is -0.201. The van der Waals surface area contributed by atoms with Crippen molar-refractivity contribution in [3.05, 3.63) is 71.1 Å². The van der Waals surface area contributed by atoms with Gasteiger partial charge in [0.15, 0.2) is 11.4 Å². The van der Waals surface area contributed by atoms with E-state index in [0.717, 1.165) is 0 Å². The number of benzene rings is 2. The van der Waals surface area contributed by atoms with Crippen molar-refractivity contribution in [1.29, 1.82) is 10.5 Å². The highest BCUT2D eigenvalue weighted by molar-refractivity contribution is 5.85. The lowest BCUT2D eigenvalue weighted by molar-refractivity contribution is 0.474. The highest BCUT2D eigenvalue weighted by Crippen LogP contribution is 2.16. The highest BCUT2D eigenvalue weighted by atomic mass is 16.3. The number of phenols is 2. The molecular weight excluding hydrogens is 304 g/mol. The Kier molecular flexibility index (Phi) is 5.44. The van der Waals surface area contributed by atoms with Gasteiger partial charge in [-0.1, -0.05) is 24.3 Å². The van der Waals surface area contributed by atoms with Gasteiger partial charge in [-0.15, -0.1) is 0 Å². The van der Waals surface area contributed by atoms with Crippen LogP contribution in [0.4, 0.5) is 0 Å². The van der Waals surface area contributed by atoms with Crippen LogP contribution >= 0.6 is 0 Å². The fourth-order valence-corrected chi connectivity index (χ4v) is 1.75. The number of nitriles is 2. The van der Waals surface area contributed by atoms with E-state index < -0.39 is 0 Å². The van der Waals surface area contributed by atoms with Crippen LogP contribution in [0, 0.1) is 22.7 Å². The van der Waals surface area contributed by atoms with Gasteiger partial charge in [0.2, 0.25) is 0 Å². The number of allylic oxidation sites excluding steroid dienone is 2. The predicted octanol–water partition coefficient (Wildman–Crippen LogP) is 2.89. The summed E-state index contributed by atoms with van der Waals surface area (Å²) < 4.78 is 0. The standard InChI is InChI=1S/C18H12N4O2/c19-9-15(21-11-13-5-1-3-7-17(13)23)16(10-20)22-12-14-6-2-4-8-18(14)24/h1-8,11-12,23-24H/b16-15-,21-11?,22-12?. The van der Waals surface area contributed by atoms with Crippen LogP contribution in [0.5, 0.6) is 11.5 Å². The van der Waals surface area contributed by atoms with Gasteiger partial charge in [-0.3, -0.25) is 0 Å². The van der Waals surface area contributed by atoms with Gasteiger partial charge < -0.3 is 10.2 Å². The number of hydrogen-bond donors (Lipinski definition) is 2. The van der Waals surface area contributed by atoms with Gasteiger partial charge in [0.1, 0.15) is 23.6 Å². The Balaban J connectivity index is 2.34. The molecule has 2 aromatic carbocycles. The van der Waals surface area contributed by atoms with E-state index in [4.69, 9.17) is 10.5 Å². The highest BCUT2D eigenvalue weighted by Gasteiger charge is 2.04. The number of rotatable bonds is 4. The normalized spacial score (nSPS) is 11.9. The van der Waals surface area contributed by atoms with Gasteiger partial charge in [-0.05, 0) is 24.3 Å². The van der Waals surface area contributed by atoms with Crippen LogP contribution in [-0.4, -0.2) is 22.6 Å². The van der Waals surface area contributed by atoms with Crippen molar-refractivity contribution in [3.8, 4) is 23.6 Å². The number of aliphatic imine (C=N–C) groups is 2. The molecule has 0 saturated heterocycles. The van der Waals surface area contributed by atoms with Gasteiger partial charge >= 0.3 is 0 Å². The molecule has 0 radical (unpaired) electrons. The maximum absolute atomic E-state index is 9.66. The quantitative estimate of drug-likeness (QED) is 0.667. The summed E-state index contributed by atoms with van der Waals surface area (Å²) in [5.41, 5.74) is 0.416. The van der Waals surface area contributed by atoms with Crippen LogP contribution in [0.1, 0.15) is 11.1 Å².